The molecule has 0 aliphatic heterocycles. The van der Waals surface area contributed by atoms with Crippen molar-refractivity contribution < 1.29 is 14.3 Å². The predicted molar refractivity (Wildman–Crippen MR) is 139 cm³/mol. The topological polar surface area (TPSA) is 94.3 Å². The molecule has 0 aliphatic carbocycles. The maximum absolute atomic E-state index is 14.0. The molecular formula is C27H32N6O3. The Labute approximate surface area is 210 Å². The van der Waals surface area contributed by atoms with E-state index < -0.39 is 11.6 Å². The lowest BCUT2D eigenvalue weighted by Gasteiger charge is -2.34. The van der Waals surface area contributed by atoms with Gasteiger partial charge in [-0.05, 0) is 68.8 Å². The molecule has 0 spiro atoms. The van der Waals surface area contributed by atoms with E-state index in [1.807, 2.05) is 75.0 Å². The van der Waals surface area contributed by atoms with Gasteiger partial charge in [-0.2, -0.15) is 0 Å². The summed E-state index contributed by atoms with van der Waals surface area (Å²) in [6.07, 6.45) is 2.60. The predicted octanol–water partition coefficient (Wildman–Crippen LogP) is 3.86. The van der Waals surface area contributed by atoms with E-state index in [2.05, 4.69) is 15.6 Å². The molecule has 4 aromatic rings. The zero-order valence-corrected chi connectivity index (χ0v) is 21.3. The first-order valence-electron chi connectivity index (χ1n) is 11.9. The largest absolute Gasteiger partial charge is 0.497 e. The fourth-order valence-electron chi connectivity index (χ4n) is 4.05. The first kappa shape index (κ1) is 25.0. The van der Waals surface area contributed by atoms with Crippen LogP contribution in [0.3, 0.4) is 0 Å². The number of rotatable bonds is 9. The molecule has 36 heavy (non-hydrogen) atoms. The molecule has 9 nitrogen and oxygen atoms in total. The van der Waals surface area contributed by atoms with Crippen LogP contribution in [0.5, 0.6) is 5.75 Å². The van der Waals surface area contributed by atoms with Gasteiger partial charge in [-0.1, -0.05) is 24.3 Å². The number of hydrogen-bond donors (Lipinski definition) is 1. The fourth-order valence-corrected chi connectivity index (χ4v) is 4.05. The van der Waals surface area contributed by atoms with E-state index >= 15 is 0 Å². The van der Waals surface area contributed by atoms with Crippen molar-refractivity contribution in [2.75, 3.05) is 12.0 Å². The van der Waals surface area contributed by atoms with Gasteiger partial charge in [0.05, 0.1) is 18.3 Å². The number of ether oxygens (including phenoxy) is 1. The highest BCUT2D eigenvalue weighted by Gasteiger charge is 2.36. The summed E-state index contributed by atoms with van der Waals surface area (Å²) < 4.78 is 8.73. The summed E-state index contributed by atoms with van der Waals surface area (Å²) in [7, 11) is 3.45. The van der Waals surface area contributed by atoms with Gasteiger partial charge in [0.2, 0.25) is 11.8 Å². The Morgan fingerprint density at radius 1 is 1.08 bits per heavy atom. The van der Waals surface area contributed by atoms with Crippen molar-refractivity contribution in [2.45, 2.75) is 45.3 Å². The monoisotopic (exact) mass is 488 g/mol. The number of aryl methyl sites for hydroxylation is 1. The van der Waals surface area contributed by atoms with Crippen LogP contribution in [0.25, 0.3) is 11.0 Å². The lowest BCUT2D eigenvalue weighted by Crippen LogP contribution is -2.51. The van der Waals surface area contributed by atoms with Crippen molar-refractivity contribution >= 4 is 28.5 Å². The molecule has 0 saturated heterocycles. The van der Waals surface area contributed by atoms with E-state index in [1.54, 1.807) is 36.1 Å². The summed E-state index contributed by atoms with van der Waals surface area (Å²) in [6.45, 7) is 5.86. The van der Waals surface area contributed by atoms with E-state index in [4.69, 9.17) is 4.74 Å². The second-order valence-corrected chi connectivity index (χ2v) is 9.37. The lowest BCUT2D eigenvalue weighted by molar-refractivity contribution is -0.128. The van der Waals surface area contributed by atoms with Gasteiger partial charge in [0, 0.05) is 24.5 Å². The third kappa shape index (κ3) is 5.10. The van der Waals surface area contributed by atoms with Crippen LogP contribution in [0, 0.1) is 0 Å². The van der Waals surface area contributed by atoms with Crippen molar-refractivity contribution in [3.63, 3.8) is 0 Å². The van der Waals surface area contributed by atoms with Gasteiger partial charge in [-0.15, -0.1) is 5.10 Å². The highest BCUT2D eigenvalue weighted by Crippen LogP contribution is 2.31. The summed E-state index contributed by atoms with van der Waals surface area (Å²) in [5, 5.41) is 11.5. The van der Waals surface area contributed by atoms with Crippen molar-refractivity contribution in [1.29, 1.82) is 0 Å². The number of nitrogens with one attached hydrogen (secondary N) is 1. The molecule has 2 heterocycles. The van der Waals surface area contributed by atoms with Crippen LogP contribution < -0.4 is 15.0 Å². The standard InChI is InChI=1S/C27H32N6O3/c1-6-27(2,3)28-26(35)25(23-12-9-17-31(23)4)33(19-13-15-20(36-5)16-14-19)24(34)18-32-22-11-8-7-10-21(22)29-30-32/h7-17,25H,6,18H2,1-5H3,(H,28,35)/t25-/m1/s1. The highest BCUT2D eigenvalue weighted by molar-refractivity contribution is 6.01. The molecule has 1 N–H and O–H groups in total. The molecule has 0 radical (unpaired) electrons. The van der Waals surface area contributed by atoms with E-state index in [0.717, 1.165) is 11.9 Å². The van der Waals surface area contributed by atoms with Crippen LogP contribution in [-0.2, 0) is 23.2 Å². The molecule has 1 atom stereocenters. The summed E-state index contributed by atoms with van der Waals surface area (Å²) in [5.41, 5.74) is 2.25. The molecule has 0 bridgehead atoms. The molecule has 0 saturated carbocycles. The Morgan fingerprint density at radius 3 is 2.44 bits per heavy atom. The Bertz CT molecular complexity index is 1360. The van der Waals surface area contributed by atoms with E-state index in [9.17, 15) is 9.59 Å². The molecule has 0 unspecified atom stereocenters. The van der Waals surface area contributed by atoms with Gasteiger partial charge in [0.15, 0.2) is 6.04 Å². The fraction of sp³-hybridized carbons (Fsp3) is 0.333. The van der Waals surface area contributed by atoms with Crippen LogP contribution >= 0.6 is 0 Å². The zero-order valence-electron chi connectivity index (χ0n) is 21.3. The highest BCUT2D eigenvalue weighted by atomic mass is 16.5. The van der Waals surface area contributed by atoms with Gasteiger partial charge in [-0.3, -0.25) is 14.5 Å². The Hall–Kier alpha value is -4.14. The molecule has 0 fully saturated rings. The summed E-state index contributed by atoms with van der Waals surface area (Å²) in [5.74, 6) is 0.0862. The average molecular weight is 489 g/mol. The number of fused-ring (bicyclic) bond motifs is 1. The Kier molecular flexibility index (Phi) is 7.10. The molecule has 2 aromatic heterocycles. The Balaban J connectivity index is 1.81. The van der Waals surface area contributed by atoms with Gasteiger partial charge in [0.1, 0.15) is 17.8 Å². The van der Waals surface area contributed by atoms with Gasteiger partial charge in [-0.25, -0.2) is 4.68 Å². The number of hydrogen-bond acceptors (Lipinski definition) is 5. The number of anilines is 1. The van der Waals surface area contributed by atoms with Crippen LogP contribution in [0.4, 0.5) is 5.69 Å². The first-order valence-corrected chi connectivity index (χ1v) is 11.9. The minimum Gasteiger partial charge on any atom is -0.497 e. The minimum atomic E-state index is -0.911. The van der Waals surface area contributed by atoms with Crippen LogP contribution in [0.2, 0.25) is 0 Å². The van der Waals surface area contributed by atoms with E-state index in [1.165, 1.54) is 4.90 Å². The van der Waals surface area contributed by atoms with Crippen LogP contribution in [-0.4, -0.2) is 44.0 Å². The first-order chi connectivity index (χ1) is 17.2. The lowest BCUT2D eigenvalue weighted by atomic mass is 10.00. The maximum atomic E-state index is 14.0. The second kappa shape index (κ2) is 10.2. The number of para-hydroxylation sites is 1. The number of aromatic nitrogens is 4. The SMILES string of the molecule is CCC(C)(C)NC(=O)[C@@H](c1cccn1C)N(C(=O)Cn1nnc2ccccc21)c1ccc(OC)cc1. The third-order valence-corrected chi connectivity index (χ3v) is 6.44. The number of methoxy groups -OCH3 is 1. The molecular weight excluding hydrogens is 456 g/mol. The smallest absolute Gasteiger partial charge is 0.249 e. The normalized spacial score (nSPS) is 12.4. The minimum absolute atomic E-state index is 0.0854. The summed E-state index contributed by atoms with van der Waals surface area (Å²) in [4.78, 5) is 29.4. The van der Waals surface area contributed by atoms with E-state index in [0.29, 0.717) is 22.6 Å². The number of carbonyl (C=O) groups is 2. The number of benzene rings is 2. The second-order valence-electron chi connectivity index (χ2n) is 9.37. The third-order valence-electron chi connectivity index (χ3n) is 6.44. The maximum Gasteiger partial charge on any atom is 0.249 e. The molecule has 2 aromatic carbocycles. The van der Waals surface area contributed by atoms with Crippen molar-refractivity contribution in [1.82, 2.24) is 24.9 Å². The van der Waals surface area contributed by atoms with Crippen molar-refractivity contribution in [3.05, 3.63) is 72.6 Å². The molecule has 2 amide bonds. The number of carbonyl (C=O) groups excluding carboxylic acids is 2. The van der Waals surface area contributed by atoms with Gasteiger partial charge >= 0.3 is 0 Å². The van der Waals surface area contributed by atoms with Crippen molar-refractivity contribution in [2.24, 2.45) is 7.05 Å². The number of amides is 2. The molecule has 188 valence electrons. The van der Waals surface area contributed by atoms with E-state index in [-0.39, 0.29) is 18.4 Å². The summed E-state index contributed by atoms with van der Waals surface area (Å²) in [6, 6.07) is 17.4. The zero-order chi connectivity index (χ0) is 25.9. The van der Waals surface area contributed by atoms with Gasteiger partial charge in [0.25, 0.3) is 0 Å². The van der Waals surface area contributed by atoms with Crippen molar-refractivity contribution in [3.8, 4) is 5.75 Å². The number of nitrogens with zero attached hydrogens (tertiary/aromatic N) is 5. The van der Waals surface area contributed by atoms with Gasteiger partial charge < -0.3 is 14.6 Å². The quantitative estimate of drug-likeness (QED) is 0.386. The summed E-state index contributed by atoms with van der Waals surface area (Å²) >= 11 is 0. The van der Waals surface area contributed by atoms with Crippen LogP contribution in [0.1, 0.15) is 38.9 Å². The molecule has 4 rings (SSSR count). The average Bonchev–Trinajstić information content (AvgIpc) is 3.48. The molecule has 0 aliphatic rings. The Morgan fingerprint density at radius 2 is 1.81 bits per heavy atom. The van der Waals surface area contributed by atoms with Crippen LogP contribution in [0.15, 0.2) is 66.9 Å². The molecule has 9 heteroatoms.